The summed E-state index contributed by atoms with van der Waals surface area (Å²) in [5, 5.41) is 18.3. The molecular formula is C8H12N4O3. The number of carbonyl (C=O) groups excluding carboxylic acids is 1. The summed E-state index contributed by atoms with van der Waals surface area (Å²) in [7, 11) is 1.50. The zero-order valence-electron chi connectivity index (χ0n) is 8.68. The number of carboxylic acid groups (broad SMARTS) is 1. The van der Waals surface area contributed by atoms with Crippen LogP contribution in [-0.2, 0) is 4.79 Å². The predicted molar refractivity (Wildman–Crippen MR) is 50.5 cm³/mol. The first-order chi connectivity index (χ1) is 6.99. The number of aromatic carboxylic acids is 1. The van der Waals surface area contributed by atoms with Crippen LogP contribution in [0, 0.1) is 6.92 Å². The normalized spacial score (nSPS) is 12.2. The number of nitrogens with zero attached hydrogens (tertiary/aromatic N) is 3. The van der Waals surface area contributed by atoms with Crippen LogP contribution >= 0.6 is 0 Å². The molecular weight excluding hydrogens is 200 g/mol. The second-order valence-corrected chi connectivity index (χ2v) is 3.06. The van der Waals surface area contributed by atoms with Gasteiger partial charge < -0.3 is 10.4 Å². The number of nitrogens with one attached hydrogen (secondary N) is 1. The maximum Gasteiger partial charge on any atom is 0.358 e. The summed E-state index contributed by atoms with van der Waals surface area (Å²) >= 11 is 0. The number of rotatable bonds is 3. The van der Waals surface area contributed by atoms with Crippen molar-refractivity contribution in [2.75, 3.05) is 7.05 Å². The van der Waals surface area contributed by atoms with E-state index in [1.165, 1.54) is 11.7 Å². The highest BCUT2D eigenvalue weighted by molar-refractivity contribution is 5.86. The van der Waals surface area contributed by atoms with E-state index >= 15 is 0 Å². The van der Waals surface area contributed by atoms with Crippen molar-refractivity contribution < 1.29 is 14.7 Å². The van der Waals surface area contributed by atoms with E-state index < -0.39 is 12.0 Å². The fourth-order valence-electron chi connectivity index (χ4n) is 1.23. The summed E-state index contributed by atoms with van der Waals surface area (Å²) in [6.07, 6.45) is 0. The second-order valence-electron chi connectivity index (χ2n) is 3.06. The minimum absolute atomic E-state index is 0.134. The highest BCUT2D eigenvalue weighted by Gasteiger charge is 2.21. The van der Waals surface area contributed by atoms with Crippen molar-refractivity contribution in [2.24, 2.45) is 0 Å². The topological polar surface area (TPSA) is 97.1 Å². The quantitative estimate of drug-likeness (QED) is 0.710. The Morgan fingerprint density at radius 2 is 2.13 bits per heavy atom. The van der Waals surface area contributed by atoms with E-state index in [9.17, 15) is 9.59 Å². The summed E-state index contributed by atoms with van der Waals surface area (Å²) in [5.41, 5.74) is 0.226. The molecule has 1 aromatic rings. The van der Waals surface area contributed by atoms with Crippen molar-refractivity contribution in [1.29, 1.82) is 0 Å². The van der Waals surface area contributed by atoms with Gasteiger partial charge in [0.05, 0.1) is 5.69 Å². The van der Waals surface area contributed by atoms with Gasteiger partial charge in [0.15, 0.2) is 5.69 Å². The molecule has 82 valence electrons. The molecule has 1 atom stereocenters. The Balaban J connectivity index is 3.06. The highest BCUT2D eigenvalue weighted by atomic mass is 16.4. The minimum atomic E-state index is -1.15. The SMILES string of the molecule is CNC(=O)C(C)n1nnc(C(=O)O)c1C. The lowest BCUT2D eigenvalue weighted by molar-refractivity contribution is -0.123. The van der Waals surface area contributed by atoms with Crippen LogP contribution in [0.15, 0.2) is 0 Å². The maximum absolute atomic E-state index is 11.3. The predicted octanol–water partition coefficient (Wildman–Crippen LogP) is -0.408. The number of hydrogen-bond donors (Lipinski definition) is 2. The molecule has 0 aliphatic rings. The molecule has 0 saturated carbocycles. The van der Waals surface area contributed by atoms with E-state index in [2.05, 4.69) is 15.6 Å². The molecule has 1 aromatic heterocycles. The molecule has 2 N–H and O–H groups in total. The van der Waals surface area contributed by atoms with Gasteiger partial charge in [-0.25, -0.2) is 9.48 Å². The van der Waals surface area contributed by atoms with E-state index in [0.717, 1.165) is 0 Å². The minimum Gasteiger partial charge on any atom is -0.476 e. The lowest BCUT2D eigenvalue weighted by Crippen LogP contribution is -2.29. The molecule has 7 heteroatoms. The molecule has 7 nitrogen and oxygen atoms in total. The molecule has 1 heterocycles. The maximum atomic E-state index is 11.3. The fourth-order valence-corrected chi connectivity index (χ4v) is 1.23. The van der Waals surface area contributed by atoms with Crippen LogP contribution in [0.2, 0.25) is 0 Å². The average molecular weight is 212 g/mol. The highest BCUT2D eigenvalue weighted by Crippen LogP contribution is 2.10. The summed E-state index contributed by atoms with van der Waals surface area (Å²) in [6, 6.07) is -0.574. The van der Waals surface area contributed by atoms with Crippen molar-refractivity contribution in [1.82, 2.24) is 20.3 Å². The molecule has 0 aromatic carbocycles. The molecule has 1 unspecified atom stereocenters. The smallest absolute Gasteiger partial charge is 0.358 e. The largest absolute Gasteiger partial charge is 0.476 e. The first kappa shape index (κ1) is 11.2. The van der Waals surface area contributed by atoms with Crippen LogP contribution < -0.4 is 5.32 Å². The monoisotopic (exact) mass is 212 g/mol. The first-order valence-electron chi connectivity index (χ1n) is 4.35. The van der Waals surface area contributed by atoms with E-state index in [4.69, 9.17) is 5.11 Å². The van der Waals surface area contributed by atoms with Crippen LogP contribution in [0.5, 0.6) is 0 Å². The third-order valence-corrected chi connectivity index (χ3v) is 2.12. The van der Waals surface area contributed by atoms with E-state index in [1.54, 1.807) is 13.8 Å². The van der Waals surface area contributed by atoms with Crippen LogP contribution in [0.1, 0.15) is 29.1 Å². The molecule has 0 fully saturated rings. The zero-order valence-corrected chi connectivity index (χ0v) is 8.68. The number of amides is 1. The number of carbonyl (C=O) groups is 2. The Kier molecular flexibility index (Phi) is 3.03. The van der Waals surface area contributed by atoms with Gasteiger partial charge >= 0.3 is 5.97 Å². The van der Waals surface area contributed by atoms with Crippen molar-refractivity contribution >= 4 is 11.9 Å². The summed E-state index contributed by atoms with van der Waals surface area (Å²) in [5.74, 6) is -1.40. The molecule has 0 radical (unpaired) electrons. The molecule has 0 bridgehead atoms. The Bertz CT molecular complexity index is 399. The van der Waals surface area contributed by atoms with Crippen molar-refractivity contribution in [2.45, 2.75) is 19.9 Å². The third kappa shape index (κ3) is 1.95. The molecule has 0 saturated heterocycles. The molecule has 1 amide bonds. The van der Waals surface area contributed by atoms with Gasteiger partial charge in [0, 0.05) is 7.05 Å². The molecule has 0 spiro atoms. The van der Waals surface area contributed by atoms with Crippen LogP contribution in [0.4, 0.5) is 0 Å². The van der Waals surface area contributed by atoms with Crippen LogP contribution in [-0.4, -0.2) is 39.0 Å². The average Bonchev–Trinajstić information content (AvgIpc) is 2.57. The number of carboxylic acids is 1. The lowest BCUT2D eigenvalue weighted by Gasteiger charge is -2.10. The van der Waals surface area contributed by atoms with Crippen LogP contribution in [0.25, 0.3) is 0 Å². The lowest BCUT2D eigenvalue weighted by atomic mass is 10.3. The second kappa shape index (κ2) is 4.07. The first-order valence-corrected chi connectivity index (χ1v) is 4.35. The van der Waals surface area contributed by atoms with Crippen molar-refractivity contribution in [3.63, 3.8) is 0 Å². The molecule has 15 heavy (non-hydrogen) atoms. The van der Waals surface area contributed by atoms with Gasteiger partial charge in [-0.05, 0) is 13.8 Å². The van der Waals surface area contributed by atoms with E-state index in [-0.39, 0.29) is 11.6 Å². The Morgan fingerprint density at radius 1 is 1.53 bits per heavy atom. The number of hydrogen-bond acceptors (Lipinski definition) is 4. The number of aromatic nitrogens is 3. The van der Waals surface area contributed by atoms with E-state index in [1.807, 2.05) is 0 Å². The van der Waals surface area contributed by atoms with Gasteiger partial charge in [-0.1, -0.05) is 5.21 Å². The van der Waals surface area contributed by atoms with Gasteiger partial charge in [0.25, 0.3) is 0 Å². The number of likely N-dealkylation sites (N-methyl/N-ethyl adjacent to an activating group) is 1. The van der Waals surface area contributed by atoms with Gasteiger partial charge in [0.2, 0.25) is 5.91 Å². The standard InChI is InChI=1S/C8H12N4O3/c1-4-6(8(14)15)10-11-12(4)5(2)7(13)9-3/h5H,1-3H3,(H,9,13)(H,14,15). The van der Waals surface area contributed by atoms with Gasteiger partial charge in [-0.3, -0.25) is 4.79 Å². The van der Waals surface area contributed by atoms with E-state index in [0.29, 0.717) is 5.69 Å². The Hall–Kier alpha value is -1.92. The van der Waals surface area contributed by atoms with Crippen LogP contribution in [0.3, 0.4) is 0 Å². The summed E-state index contributed by atoms with van der Waals surface area (Å²) in [6.45, 7) is 3.18. The summed E-state index contributed by atoms with van der Waals surface area (Å²) < 4.78 is 1.28. The molecule has 1 rings (SSSR count). The van der Waals surface area contributed by atoms with Crippen molar-refractivity contribution in [3.05, 3.63) is 11.4 Å². The molecule has 0 aliphatic heterocycles. The third-order valence-electron chi connectivity index (χ3n) is 2.12. The van der Waals surface area contributed by atoms with Gasteiger partial charge in [-0.2, -0.15) is 0 Å². The zero-order chi connectivity index (χ0) is 11.6. The molecule has 0 aliphatic carbocycles. The Morgan fingerprint density at radius 3 is 2.53 bits per heavy atom. The van der Waals surface area contributed by atoms with Gasteiger partial charge in [-0.15, -0.1) is 5.10 Å². The Labute approximate surface area is 86.1 Å². The summed E-state index contributed by atoms with van der Waals surface area (Å²) in [4.78, 5) is 22.0. The fraction of sp³-hybridized carbons (Fsp3) is 0.500. The van der Waals surface area contributed by atoms with Gasteiger partial charge in [0.1, 0.15) is 6.04 Å². The van der Waals surface area contributed by atoms with Crippen molar-refractivity contribution in [3.8, 4) is 0 Å².